The fourth-order valence-corrected chi connectivity index (χ4v) is 3.02. The molecule has 1 fully saturated rings. The van der Waals surface area contributed by atoms with Gasteiger partial charge in [0.1, 0.15) is 6.10 Å². The summed E-state index contributed by atoms with van der Waals surface area (Å²) >= 11 is 12.0. The van der Waals surface area contributed by atoms with Crippen LogP contribution in [0.5, 0.6) is 0 Å². The zero-order valence-electron chi connectivity index (χ0n) is 12.3. The molecule has 23 heavy (non-hydrogen) atoms. The van der Waals surface area contributed by atoms with Crippen LogP contribution >= 0.6 is 23.2 Å². The molecule has 1 aliphatic heterocycles. The SMILES string of the molecule is Cc1noc([C@H]2OCC[C@H]2CNC(=O)c2c(Cl)cncc2Cl)n1. The minimum atomic E-state index is -0.352. The molecule has 1 saturated heterocycles. The largest absolute Gasteiger partial charge is 0.368 e. The number of hydrogen-bond donors (Lipinski definition) is 1. The van der Waals surface area contributed by atoms with Gasteiger partial charge in [0.05, 0.1) is 15.6 Å². The van der Waals surface area contributed by atoms with Crippen LogP contribution in [0.1, 0.15) is 34.6 Å². The third kappa shape index (κ3) is 3.46. The third-order valence-corrected chi connectivity index (χ3v) is 4.18. The summed E-state index contributed by atoms with van der Waals surface area (Å²) in [5.74, 6) is 0.667. The Morgan fingerprint density at radius 1 is 1.39 bits per heavy atom. The first-order valence-electron chi connectivity index (χ1n) is 7.05. The summed E-state index contributed by atoms with van der Waals surface area (Å²) in [6.45, 7) is 2.70. The van der Waals surface area contributed by atoms with E-state index in [1.807, 2.05) is 0 Å². The van der Waals surface area contributed by atoms with Crippen molar-refractivity contribution in [2.75, 3.05) is 13.2 Å². The normalized spacial score (nSPS) is 20.7. The Morgan fingerprint density at radius 2 is 2.13 bits per heavy atom. The highest BCUT2D eigenvalue weighted by Gasteiger charge is 2.34. The Bertz CT molecular complexity index is 702. The summed E-state index contributed by atoms with van der Waals surface area (Å²) < 4.78 is 10.8. The molecular weight excluding hydrogens is 343 g/mol. The quantitative estimate of drug-likeness (QED) is 0.905. The third-order valence-electron chi connectivity index (χ3n) is 3.61. The van der Waals surface area contributed by atoms with Gasteiger partial charge in [0.25, 0.3) is 11.8 Å². The van der Waals surface area contributed by atoms with E-state index in [4.69, 9.17) is 32.5 Å². The Labute approximate surface area is 142 Å². The van der Waals surface area contributed by atoms with Crippen LogP contribution in [0.25, 0.3) is 0 Å². The van der Waals surface area contributed by atoms with Gasteiger partial charge in [-0.25, -0.2) is 0 Å². The number of halogens is 2. The van der Waals surface area contributed by atoms with Crippen LogP contribution in [-0.4, -0.2) is 34.2 Å². The van der Waals surface area contributed by atoms with Gasteiger partial charge in [-0.15, -0.1) is 0 Å². The van der Waals surface area contributed by atoms with Crippen LogP contribution in [-0.2, 0) is 4.74 Å². The average Bonchev–Trinajstić information content (AvgIpc) is 3.13. The van der Waals surface area contributed by atoms with Crippen LogP contribution in [0.4, 0.5) is 0 Å². The van der Waals surface area contributed by atoms with Gasteiger partial charge in [-0.05, 0) is 13.3 Å². The Hall–Kier alpha value is -1.70. The lowest BCUT2D eigenvalue weighted by Gasteiger charge is -2.16. The van der Waals surface area contributed by atoms with Gasteiger partial charge < -0.3 is 14.6 Å². The highest BCUT2D eigenvalue weighted by Crippen LogP contribution is 2.33. The van der Waals surface area contributed by atoms with Gasteiger partial charge in [-0.3, -0.25) is 9.78 Å². The molecule has 1 aliphatic rings. The van der Waals surface area contributed by atoms with E-state index in [1.165, 1.54) is 12.4 Å². The molecule has 0 aromatic carbocycles. The number of aromatic nitrogens is 3. The molecular formula is C14H14Cl2N4O3. The summed E-state index contributed by atoms with van der Waals surface area (Å²) in [6.07, 6.45) is 3.22. The maximum Gasteiger partial charge on any atom is 0.256 e. The Morgan fingerprint density at radius 3 is 2.78 bits per heavy atom. The van der Waals surface area contributed by atoms with Crippen LogP contribution in [0.3, 0.4) is 0 Å². The smallest absolute Gasteiger partial charge is 0.256 e. The molecule has 2 aromatic heterocycles. The first-order chi connectivity index (χ1) is 11.1. The highest BCUT2D eigenvalue weighted by molar-refractivity contribution is 6.39. The second-order valence-electron chi connectivity index (χ2n) is 5.21. The molecule has 0 aliphatic carbocycles. The Kier molecular flexibility index (Phi) is 4.79. The molecule has 0 spiro atoms. The van der Waals surface area contributed by atoms with Crippen molar-refractivity contribution >= 4 is 29.1 Å². The second-order valence-corrected chi connectivity index (χ2v) is 6.02. The second kappa shape index (κ2) is 6.82. The van der Waals surface area contributed by atoms with Gasteiger partial charge >= 0.3 is 0 Å². The summed E-state index contributed by atoms with van der Waals surface area (Å²) in [5.41, 5.74) is 0.215. The fraction of sp³-hybridized carbons (Fsp3) is 0.429. The van der Waals surface area contributed by atoms with Crippen LogP contribution in [0.2, 0.25) is 10.0 Å². The minimum absolute atomic E-state index is 0.0400. The van der Waals surface area contributed by atoms with Crippen molar-refractivity contribution in [2.45, 2.75) is 19.4 Å². The van der Waals surface area contributed by atoms with Gasteiger partial charge in [-0.2, -0.15) is 4.98 Å². The van der Waals surface area contributed by atoms with Crippen molar-refractivity contribution in [1.29, 1.82) is 0 Å². The number of hydrogen-bond acceptors (Lipinski definition) is 6. The van der Waals surface area contributed by atoms with Crippen molar-refractivity contribution < 1.29 is 14.1 Å². The average molecular weight is 357 g/mol. The molecule has 2 aromatic rings. The number of aryl methyl sites for hydroxylation is 1. The predicted octanol–water partition coefficient (Wildman–Crippen LogP) is 2.59. The maximum atomic E-state index is 12.3. The number of rotatable bonds is 4. The molecule has 3 heterocycles. The fourth-order valence-electron chi connectivity index (χ4n) is 2.48. The molecule has 0 radical (unpaired) electrons. The van der Waals surface area contributed by atoms with Crippen LogP contribution in [0.15, 0.2) is 16.9 Å². The van der Waals surface area contributed by atoms with Crippen molar-refractivity contribution in [3.63, 3.8) is 0 Å². The van der Waals surface area contributed by atoms with E-state index < -0.39 is 0 Å². The molecule has 0 bridgehead atoms. The van der Waals surface area contributed by atoms with Gasteiger partial charge in [0.15, 0.2) is 5.82 Å². The van der Waals surface area contributed by atoms with Crippen molar-refractivity contribution in [3.05, 3.63) is 39.7 Å². The Balaban J connectivity index is 1.66. The maximum absolute atomic E-state index is 12.3. The van der Waals surface area contributed by atoms with E-state index in [0.717, 1.165) is 6.42 Å². The lowest BCUT2D eigenvalue weighted by molar-refractivity contribution is 0.0613. The molecule has 0 unspecified atom stereocenters. The van der Waals surface area contributed by atoms with Crippen molar-refractivity contribution in [1.82, 2.24) is 20.4 Å². The molecule has 9 heteroatoms. The number of amides is 1. The van der Waals surface area contributed by atoms with E-state index >= 15 is 0 Å². The van der Waals surface area contributed by atoms with Crippen molar-refractivity contribution in [2.24, 2.45) is 5.92 Å². The number of nitrogens with zero attached hydrogens (tertiary/aromatic N) is 3. The highest BCUT2D eigenvalue weighted by atomic mass is 35.5. The van der Waals surface area contributed by atoms with E-state index in [2.05, 4.69) is 20.4 Å². The van der Waals surface area contributed by atoms with Gasteiger partial charge in [-0.1, -0.05) is 28.4 Å². The lowest BCUT2D eigenvalue weighted by atomic mass is 10.0. The summed E-state index contributed by atoms with van der Waals surface area (Å²) in [7, 11) is 0. The molecule has 3 rings (SSSR count). The number of carbonyl (C=O) groups is 1. The zero-order valence-corrected chi connectivity index (χ0v) is 13.8. The lowest BCUT2D eigenvalue weighted by Crippen LogP contribution is -2.31. The monoisotopic (exact) mass is 356 g/mol. The van der Waals surface area contributed by atoms with Crippen LogP contribution in [0, 0.1) is 12.8 Å². The minimum Gasteiger partial charge on any atom is -0.368 e. The zero-order chi connectivity index (χ0) is 16.4. The standard InChI is InChI=1S/C14H14Cl2N4O3/c1-7-19-14(23-20-7)12-8(2-3-22-12)4-18-13(21)11-9(15)5-17-6-10(11)16/h5-6,8,12H,2-4H2,1H3,(H,18,21)/t8-,12-/m0/s1. The summed E-state index contributed by atoms with van der Waals surface area (Å²) in [4.78, 5) is 20.3. The summed E-state index contributed by atoms with van der Waals surface area (Å²) in [6, 6.07) is 0. The molecule has 2 atom stereocenters. The van der Waals surface area contributed by atoms with Crippen LogP contribution < -0.4 is 5.32 Å². The molecule has 1 N–H and O–H groups in total. The molecule has 0 saturated carbocycles. The molecule has 122 valence electrons. The number of ether oxygens (including phenoxy) is 1. The van der Waals surface area contributed by atoms with Crippen molar-refractivity contribution in [3.8, 4) is 0 Å². The van der Waals surface area contributed by atoms with E-state index in [9.17, 15) is 4.79 Å². The molecule has 1 amide bonds. The first-order valence-corrected chi connectivity index (χ1v) is 7.81. The van der Waals surface area contributed by atoms with E-state index in [-0.39, 0.29) is 33.5 Å². The molecule has 7 nitrogen and oxygen atoms in total. The number of pyridine rings is 1. The topological polar surface area (TPSA) is 90.1 Å². The van der Waals surface area contributed by atoms with Gasteiger partial charge in [0.2, 0.25) is 0 Å². The number of nitrogens with one attached hydrogen (secondary N) is 1. The van der Waals surface area contributed by atoms with E-state index in [1.54, 1.807) is 6.92 Å². The first kappa shape index (κ1) is 16.2. The van der Waals surface area contributed by atoms with Gasteiger partial charge in [0, 0.05) is 31.5 Å². The summed E-state index contributed by atoms with van der Waals surface area (Å²) in [5, 5.41) is 7.01. The number of carbonyl (C=O) groups excluding carboxylic acids is 1. The predicted molar refractivity (Wildman–Crippen MR) is 82.4 cm³/mol. The van der Waals surface area contributed by atoms with E-state index in [0.29, 0.717) is 24.9 Å².